The van der Waals surface area contributed by atoms with E-state index in [1.165, 1.54) is 0 Å². The van der Waals surface area contributed by atoms with Gasteiger partial charge in [0.2, 0.25) is 0 Å². The summed E-state index contributed by atoms with van der Waals surface area (Å²) in [6.07, 6.45) is 3.50. The minimum atomic E-state index is 0.575. The average molecular weight is 188 g/mol. The first-order valence-electron chi connectivity index (χ1n) is 4.05. The Morgan fingerprint density at radius 1 is 1.75 bits per heavy atom. The summed E-state index contributed by atoms with van der Waals surface area (Å²) >= 11 is 5.72. The molecule has 68 valence electrons. The van der Waals surface area contributed by atoms with Crippen LogP contribution in [-0.2, 0) is 6.54 Å². The summed E-state index contributed by atoms with van der Waals surface area (Å²) in [5.74, 6) is 0.575. The molecule has 1 aromatic heterocycles. The molecule has 0 amide bonds. The number of nitrogens with one attached hydrogen (secondary N) is 1. The van der Waals surface area contributed by atoms with Crippen LogP contribution in [0, 0.1) is 5.92 Å². The van der Waals surface area contributed by atoms with Gasteiger partial charge >= 0.3 is 0 Å². The summed E-state index contributed by atoms with van der Waals surface area (Å²) in [5, 5.41) is 7.92. The van der Waals surface area contributed by atoms with Gasteiger partial charge in [0.15, 0.2) is 0 Å². The van der Waals surface area contributed by atoms with Gasteiger partial charge < -0.3 is 5.32 Å². The molecule has 3 nitrogen and oxygen atoms in total. The van der Waals surface area contributed by atoms with E-state index in [4.69, 9.17) is 11.6 Å². The number of aromatic nitrogens is 2. The molecule has 1 heterocycles. The van der Waals surface area contributed by atoms with Crippen molar-refractivity contribution in [3.63, 3.8) is 0 Å². The molecule has 1 unspecified atom stereocenters. The SMILES string of the molecule is CNCC(C)Cn1cc(Cl)cn1. The van der Waals surface area contributed by atoms with Crippen molar-refractivity contribution in [2.45, 2.75) is 13.5 Å². The predicted molar refractivity (Wildman–Crippen MR) is 50.3 cm³/mol. The minimum Gasteiger partial charge on any atom is -0.319 e. The predicted octanol–water partition coefficient (Wildman–Crippen LogP) is 1.39. The van der Waals surface area contributed by atoms with E-state index in [0.717, 1.165) is 13.1 Å². The molecule has 0 aliphatic heterocycles. The van der Waals surface area contributed by atoms with Crippen LogP contribution in [0.3, 0.4) is 0 Å². The molecule has 1 aromatic rings. The maximum Gasteiger partial charge on any atom is 0.0785 e. The molecular weight excluding hydrogens is 174 g/mol. The van der Waals surface area contributed by atoms with Crippen LogP contribution in [0.4, 0.5) is 0 Å². The van der Waals surface area contributed by atoms with E-state index in [0.29, 0.717) is 10.9 Å². The van der Waals surface area contributed by atoms with E-state index in [1.54, 1.807) is 6.20 Å². The summed E-state index contributed by atoms with van der Waals surface area (Å²) < 4.78 is 1.87. The third-order valence-electron chi connectivity index (χ3n) is 1.65. The first-order chi connectivity index (χ1) is 5.72. The quantitative estimate of drug-likeness (QED) is 0.772. The van der Waals surface area contributed by atoms with Crippen LogP contribution >= 0.6 is 11.6 Å². The Morgan fingerprint density at radius 3 is 3.00 bits per heavy atom. The second kappa shape index (κ2) is 4.48. The summed E-state index contributed by atoms with van der Waals surface area (Å²) in [7, 11) is 1.95. The first kappa shape index (κ1) is 9.55. The third-order valence-corrected chi connectivity index (χ3v) is 1.85. The van der Waals surface area contributed by atoms with Crippen molar-refractivity contribution in [1.29, 1.82) is 0 Å². The molecule has 0 fully saturated rings. The highest BCUT2D eigenvalue weighted by Gasteiger charge is 2.02. The fourth-order valence-electron chi connectivity index (χ4n) is 1.17. The van der Waals surface area contributed by atoms with Crippen LogP contribution in [0.1, 0.15) is 6.92 Å². The smallest absolute Gasteiger partial charge is 0.0785 e. The van der Waals surface area contributed by atoms with E-state index in [1.807, 2.05) is 17.9 Å². The Labute approximate surface area is 77.7 Å². The van der Waals surface area contributed by atoms with Crippen LogP contribution in [0.25, 0.3) is 0 Å². The normalized spacial score (nSPS) is 13.2. The number of rotatable bonds is 4. The minimum absolute atomic E-state index is 0.575. The molecule has 0 radical (unpaired) electrons. The molecule has 0 aliphatic rings. The second-order valence-electron chi connectivity index (χ2n) is 3.04. The number of halogens is 1. The van der Waals surface area contributed by atoms with Gasteiger partial charge in [-0.1, -0.05) is 18.5 Å². The lowest BCUT2D eigenvalue weighted by Gasteiger charge is -2.09. The zero-order valence-electron chi connectivity index (χ0n) is 7.42. The Morgan fingerprint density at radius 2 is 2.50 bits per heavy atom. The highest BCUT2D eigenvalue weighted by Crippen LogP contribution is 2.06. The number of nitrogens with zero attached hydrogens (tertiary/aromatic N) is 2. The van der Waals surface area contributed by atoms with Gasteiger partial charge in [-0.25, -0.2) is 0 Å². The molecular formula is C8H14ClN3. The first-order valence-corrected chi connectivity index (χ1v) is 4.42. The maximum atomic E-state index is 5.72. The van der Waals surface area contributed by atoms with E-state index in [9.17, 15) is 0 Å². The molecule has 0 saturated carbocycles. The monoisotopic (exact) mass is 187 g/mol. The van der Waals surface area contributed by atoms with Crippen LogP contribution in [0.15, 0.2) is 12.4 Å². The van der Waals surface area contributed by atoms with E-state index < -0.39 is 0 Å². The molecule has 1 N–H and O–H groups in total. The van der Waals surface area contributed by atoms with Gasteiger partial charge in [0.1, 0.15) is 0 Å². The summed E-state index contributed by atoms with van der Waals surface area (Å²) in [6.45, 7) is 4.08. The van der Waals surface area contributed by atoms with Gasteiger partial charge in [-0.2, -0.15) is 5.10 Å². The van der Waals surface area contributed by atoms with Crippen LogP contribution < -0.4 is 5.32 Å². The van der Waals surface area contributed by atoms with Gasteiger partial charge in [0.05, 0.1) is 11.2 Å². The van der Waals surface area contributed by atoms with Crippen molar-refractivity contribution in [1.82, 2.24) is 15.1 Å². The Hall–Kier alpha value is -0.540. The third kappa shape index (κ3) is 2.83. The van der Waals surface area contributed by atoms with Crippen molar-refractivity contribution in [2.75, 3.05) is 13.6 Å². The standard InChI is InChI=1S/C8H14ClN3/c1-7(3-10-2)5-12-6-8(9)4-11-12/h4,6-7,10H,3,5H2,1-2H3. The number of hydrogen-bond donors (Lipinski definition) is 1. The Bertz CT molecular complexity index is 234. The van der Waals surface area contributed by atoms with E-state index >= 15 is 0 Å². The van der Waals surface area contributed by atoms with Gasteiger partial charge in [-0.05, 0) is 19.5 Å². The van der Waals surface area contributed by atoms with E-state index in [-0.39, 0.29) is 0 Å². The van der Waals surface area contributed by atoms with Crippen molar-refractivity contribution in [3.05, 3.63) is 17.4 Å². The molecule has 0 saturated heterocycles. The molecule has 1 atom stereocenters. The Balaban J connectivity index is 2.41. The zero-order chi connectivity index (χ0) is 8.97. The van der Waals surface area contributed by atoms with Gasteiger partial charge in [-0.3, -0.25) is 4.68 Å². The summed E-state index contributed by atoms with van der Waals surface area (Å²) in [4.78, 5) is 0. The largest absolute Gasteiger partial charge is 0.319 e. The van der Waals surface area contributed by atoms with Crippen LogP contribution in [-0.4, -0.2) is 23.4 Å². The molecule has 0 spiro atoms. The fourth-order valence-corrected chi connectivity index (χ4v) is 1.33. The van der Waals surface area contributed by atoms with Crippen molar-refractivity contribution < 1.29 is 0 Å². The Kier molecular flexibility index (Phi) is 3.56. The van der Waals surface area contributed by atoms with Crippen LogP contribution in [0.5, 0.6) is 0 Å². The highest BCUT2D eigenvalue weighted by molar-refractivity contribution is 6.30. The summed E-state index contributed by atoms with van der Waals surface area (Å²) in [5.41, 5.74) is 0. The lowest BCUT2D eigenvalue weighted by atomic mass is 10.2. The molecule has 0 bridgehead atoms. The lowest BCUT2D eigenvalue weighted by molar-refractivity contribution is 0.435. The van der Waals surface area contributed by atoms with Crippen molar-refractivity contribution >= 4 is 11.6 Å². The lowest BCUT2D eigenvalue weighted by Crippen LogP contribution is -2.20. The van der Waals surface area contributed by atoms with Gasteiger partial charge in [0, 0.05) is 12.7 Å². The topological polar surface area (TPSA) is 29.9 Å². The van der Waals surface area contributed by atoms with Crippen molar-refractivity contribution in [2.24, 2.45) is 5.92 Å². The molecule has 1 rings (SSSR count). The van der Waals surface area contributed by atoms with Crippen molar-refractivity contribution in [3.8, 4) is 0 Å². The van der Waals surface area contributed by atoms with Gasteiger partial charge in [-0.15, -0.1) is 0 Å². The maximum absolute atomic E-state index is 5.72. The zero-order valence-corrected chi connectivity index (χ0v) is 8.17. The van der Waals surface area contributed by atoms with Gasteiger partial charge in [0.25, 0.3) is 0 Å². The number of hydrogen-bond acceptors (Lipinski definition) is 2. The molecule has 4 heteroatoms. The summed E-state index contributed by atoms with van der Waals surface area (Å²) in [6, 6.07) is 0. The molecule has 12 heavy (non-hydrogen) atoms. The average Bonchev–Trinajstić information content (AvgIpc) is 2.36. The fraction of sp³-hybridized carbons (Fsp3) is 0.625. The highest BCUT2D eigenvalue weighted by atomic mass is 35.5. The molecule has 0 aromatic carbocycles. The second-order valence-corrected chi connectivity index (χ2v) is 3.48. The molecule has 0 aliphatic carbocycles. The van der Waals surface area contributed by atoms with E-state index in [2.05, 4.69) is 17.3 Å². The van der Waals surface area contributed by atoms with Crippen LogP contribution in [0.2, 0.25) is 5.02 Å².